The maximum atomic E-state index is 12.0. The van der Waals surface area contributed by atoms with Crippen molar-refractivity contribution >= 4 is 35.3 Å². The van der Waals surface area contributed by atoms with Crippen LogP contribution in [0.1, 0.15) is 25.7 Å². The molecular formula is C16H18ClN5O2S. The van der Waals surface area contributed by atoms with Crippen molar-refractivity contribution in [1.29, 1.82) is 0 Å². The Kier molecular flexibility index (Phi) is 5.93. The molecule has 9 heteroatoms. The van der Waals surface area contributed by atoms with E-state index in [0.717, 1.165) is 31.4 Å². The summed E-state index contributed by atoms with van der Waals surface area (Å²) in [5, 5.41) is 14.2. The van der Waals surface area contributed by atoms with Crippen LogP contribution in [-0.4, -0.2) is 38.5 Å². The molecule has 25 heavy (non-hydrogen) atoms. The monoisotopic (exact) mass is 379 g/mol. The average molecular weight is 380 g/mol. The molecule has 0 radical (unpaired) electrons. The number of thioether (sulfide) groups is 1. The number of halogens is 1. The van der Waals surface area contributed by atoms with Gasteiger partial charge in [-0.15, -0.1) is 10.2 Å². The molecular weight excluding hydrogens is 362 g/mol. The van der Waals surface area contributed by atoms with Crippen LogP contribution in [-0.2, 0) is 4.79 Å². The first-order valence-electron chi connectivity index (χ1n) is 8.01. The predicted octanol–water partition coefficient (Wildman–Crippen LogP) is 2.78. The second kappa shape index (κ2) is 8.35. The Balaban J connectivity index is 1.52. The molecule has 2 aromatic rings. The fraction of sp³-hybridized carbons (Fsp3) is 0.375. The highest BCUT2D eigenvalue weighted by Gasteiger charge is 2.18. The van der Waals surface area contributed by atoms with Gasteiger partial charge in [-0.3, -0.25) is 14.7 Å². The summed E-state index contributed by atoms with van der Waals surface area (Å²) in [4.78, 5) is 23.7. The zero-order chi connectivity index (χ0) is 17.6. The minimum atomic E-state index is -0.436. The second-order valence-electron chi connectivity index (χ2n) is 5.76. The SMILES string of the molecule is O=C(CSc1nncn1-c1cccc(Cl)c1)NC(=O)NC1CCCC1. The van der Waals surface area contributed by atoms with E-state index in [2.05, 4.69) is 20.8 Å². The van der Waals surface area contributed by atoms with Gasteiger partial charge in [0.2, 0.25) is 5.91 Å². The number of hydrogen-bond donors (Lipinski definition) is 2. The summed E-state index contributed by atoms with van der Waals surface area (Å²) >= 11 is 7.20. The molecule has 0 spiro atoms. The molecule has 1 aromatic heterocycles. The molecule has 1 saturated carbocycles. The number of imide groups is 1. The standard InChI is InChI=1S/C16H18ClN5O2S/c17-11-4-3-7-13(8-11)22-10-18-21-16(22)25-9-14(23)20-15(24)19-12-5-1-2-6-12/h3-4,7-8,10,12H,1-2,5-6,9H2,(H2,19,20,23,24). The Labute approximate surface area is 154 Å². The molecule has 1 heterocycles. The largest absolute Gasteiger partial charge is 0.335 e. The number of nitrogens with one attached hydrogen (secondary N) is 2. The molecule has 2 N–H and O–H groups in total. The molecule has 1 aliphatic rings. The van der Waals surface area contributed by atoms with Crippen molar-refractivity contribution in [3.05, 3.63) is 35.6 Å². The highest BCUT2D eigenvalue weighted by Crippen LogP contribution is 2.21. The highest BCUT2D eigenvalue weighted by molar-refractivity contribution is 7.99. The minimum absolute atomic E-state index is 0.0668. The van der Waals surface area contributed by atoms with Crippen molar-refractivity contribution in [2.75, 3.05) is 5.75 Å². The summed E-state index contributed by atoms with van der Waals surface area (Å²) in [5.74, 6) is -0.307. The van der Waals surface area contributed by atoms with Crippen LogP contribution >= 0.6 is 23.4 Å². The van der Waals surface area contributed by atoms with Crippen LogP contribution in [0.2, 0.25) is 5.02 Å². The minimum Gasteiger partial charge on any atom is -0.335 e. The Morgan fingerprint density at radius 1 is 1.32 bits per heavy atom. The van der Waals surface area contributed by atoms with Crippen molar-refractivity contribution in [3.8, 4) is 5.69 Å². The number of nitrogens with zero attached hydrogens (tertiary/aromatic N) is 3. The van der Waals surface area contributed by atoms with E-state index < -0.39 is 6.03 Å². The fourth-order valence-corrected chi connectivity index (χ4v) is 3.62. The Bertz CT molecular complexity index is 760. The first-order chi connectivity index (χ1) is 12.1. The lowest BCUT2D eigenvalue weighted by molar-refractivity contribution is -0.117. The zero-order valence-corrected chi connectivity index (χ0v) is 15.0. The number of aromatic nitrogens is 3. The van der Waals surface area contributed by atoms with Crippen LogP contribution in [0.3, 0.4) is 0 Å². The van der Waals surface area contributed by atoms with Crippen LogP contribution in [0, 0.1) is 0 Å². The van der Waals surface area contributed by atoms with E-state index in [1.54, 1.807) is 23.0 Å². The third-order valence-electron chi connectivity index (χ3n) is 3.88. The van der Waals surface area contributed by atoms with Crippen molar-refractivity contribution in [3.63, 3.8) is 0 Å². The van der Waals surface area contributed by atoms with Crippen LogP contribution in [0.25, 0.3) is 5.69 Å². The van der Waals surface area contributed by atoms with Crippen LogP contribution in [0.4, 0.5) is 4.79 Å². The van der Waals surface area contributed by atoms with E-state index in [4.69, 9.17) is 11.6 Å². The lowest BCUT2D eigenvalue weighted by Gasteiger charge is -2.12. The molecule has 0 unspecified atom stereocenters. The predicted molar refractivity (Wildman–Crippen MR) is 96.0 cm³/mol. The van der Waals surface area contributed by atoms with E-state index in [1.807, 2.05) is 12.1 Å². The molecule has 1 aromatic carbocycles. The number of amides is 3. The molecule has 0 saturated heterocycles. The number of rotatable bonds is 5. The molecule has 3 rings (SSSR count). The fourth-order valence-electron chi connectivity index (χ4n) is 2.71. The van der Waals surface area contributed by atoms with Gasteiger partial charge in [0.25, 0.3) is 0 Å². The number of hydrogen-bond acceptors (Lipinski definition) is 5. The van der Waals surface area contributed by atoms with Gasteiger partial charge in [0, 0.05) is 11.1 Å². The molecule has 1 fully saturated rings. The molecule has 0 aliphatic heterocycles. The number of carbonyl (C=O) groups is 2. The molecule has 0 bridgehead atoms. The lowest BCUT2D eigenvalue weighted by Crippen LogP contribution is -2.44. The van der Waals surface area contributed by atoms with Crippen LogP contribution < -0.4 is 10.6 Å². The molecule has 132 valence electrons. The van der Waals surface area contributed by atoms with Gasteiger partial charge in [-0.05, 0) is 31.0 Å². The van der Waals surface area contributed by atoms with Crippen molar-refractivity contribution in [1.82, 2.24) is 25.4 Å². The van der Waals surface area contributed by atoms with Crippen molar-refractivity contribution in [2.24, 2.45) is 0 Å². The van der Waals surface area contributed by atoms with E-state index >= 15 is 0 Å². The molecule has 1 aliphatic carbocycles. The first kappa shape index (κ1) is 17.8. The van der Waals surface area contributed by atoms with Crippen molar-refractivity contribution < 1.29 is 9.59 Å². The Morgan fingerprint density at radius 3 is 2.88 bits per heavy atom. The summed E-state index contributed by atoms with van der Waals surface area (Å²) < 4.78 is 1.74. The smallest absolute Gasteiger partial charge is 0.321 e. The van der Waals surface area contributed by atoms with Gasteiger partial charge < -0.3 is 5.32 Å². The van der Waals surface area contributed by atoms with Gasteiger partial charge >= 0.3 is 6.03 Å². The second-order valence-corrected chi connectivity index (χ2v) is 7.13. The summed E-state index contributed by atoms with van der Waals surface area (Å²) in [7, 11) is 0. The lowest BCUT2D eigenvalue weighted by atomic mass is 10.2. The third kappa shape index (κ3) is 4.96. The quantitative estimate of drug-likeness (QED) is 0.780. The molecule has 0 atom stereocenters. The zero-order valence-electron chi connectivity index (χ0n) is 13.4. The van der Waals surface area contributed by atoms with Gasteiger partial charge in [0.15, 0.2) is 5.16 Å². The first-order valence-corrected chi connectivity index (χ1v) is 9.37. The van der Waals surface area contributed by atoms with Crippen LogP contribution in [0.5, 0.6) is 0 Å². The van der Waals surface area contributed by atoms with Crippen molar-refractivity contribution in [2.45, 2.75) is 36.9 Å². The van der Waals surface area contributed by atoms with E-state index in [0.29, 0.717) is 10.2 Å². The van der Waals surface area contributed by atoms with Gasteiger partial charge in [-0.25, -0.2) is 4.79 Å². The summed E-state index contributed by atoms with van der Waals surface area (Å²) in [5.41, 5.74) is 0.805. The maximum Gasteiger partial charge on any atom is 0.321 e. The maximum absolute atomic E-state index is 12.0. The summed E-state index contributed by atoms with van der Waals surface area (Å²) in [6, 6.07) is 6.99. The van der Waals surface area contributed by atoms with Gasteiger partial charge in [-0.2, -0.15) is 0 Å². The Hall–Kier alpha value is -2.06. The number of urea groups is 1. The van der Waals surface area contributed by atoms with Gasteiger partial charge in [0.05, 0.1) is 11.4 Å². The third-order valence-corrected chi connectivity index (χ3v) is 5.06. The van der Waals surface area contributed by atoms with E-state index in [-0.39, 0.29) is 17.7 Å². The number of benzene rings is 1. The highest BCUT2D eigenvalue weighted by atomic mass is 35.5. The topological polar surface area (TPSA) is 88.9 Å². The van der Waals surface area contributed by atoms with Gasteiger partial charge in [0.1, 0.15) is 6.33 Å². The normalized spacial score (nSPS) is 14.4. The summed E-state index contributed by atoms with van der Waals surface area (Å²) in [6.07, 6.45) is 5.73. The van der Waals surface area contributed by atoms with Crippen LogP contribution in [0.15, 0.2) is 35.7 Å². The molecule has 7 nitrogen and oxygen atoms in total. The van der Waals surface area contributed by atoms with E-state index in [1.165, 1.54) is 11.8 Å². The number of carbonyl (C=O) groups excluding carboxylic acids is 2. The Morgan fingerprint density at radius 2 is 2.12 bits per heavy atom. The van der Waals surface area contributed by atoms with E-state index in [9.17, 15) is 9.59 Å². The molecule has 3 amide bonds. The summed E-state index contributed by atoms with van der Waals surface area (Å²) in [6.45, 7) is 0. The average Bonchev–Trinajstić information content (AvgIpc) is 3.24. The van der Waals surface area contributed by atoms with Gasteiger partial charge in [-0.1, -0.05) is 42.3 Å².